The van der Waals surface area contributed by atoms with Crippen molar-refractivity contribution >= 4 is 17.8 Å². The molecule has 2 fully saturated rings. The molecule has 1 aliphatic heterocycles. The number of methoxy groups -OCH3 is 1. The Morgan fingerprint density at radius 1 is 1.29 bits per heavy atom. The number of hydrogen-bond acceptors (Lipinski definition) is 4. The van der Waals surface area contributed by atoms with Crippen molar-refractivity contribution in [2.24, 2.45) is 0 Å². The molecule has 0 unspecified atom stereocenters. The first-order chi connectivity index (χ1) is 11.6. The fourth-order valence-corrected chi connectivity index (χ4v) is 3.35. The molecular weight excluding hydrogens is 310 g/mol. The van der Waals surface area contributed by atoms with Gasteiger partial charge >= 0.3 is 6.03 Å². The molecule has 3 rings (SSSR count). The Morgan fingerprint density at radius 2 is 2.04 bits per heavy atom. The Bertz CT molecular complexity index is 668. The average molecular weight is 331 g/mol. The maximum atomic E-state index is 12.6. The van der Waals surface area contributed by atoms with E-state index < -0.39 is 17.5 Å². The average Bonchev–Trinajstić information content (AvgIpc) is 2.80. The second-order valence-corrected chi connectivity index (χ2v) is 6.29. The minimum absolute atomic E-state index is 0.367. The monoisotopic (exact) mass is 331 g/mol. The summed E-state index contributed by atoms with van der Waals surface area (Å²) in [4.78, 5) is 37.2. The molecule has 1 saturated carbocycles. The molecule has 1 heterocycles. The van der Waals surface area contributed by atoms with E-state index in [-0.39, 0.29) is 5.91 Å². The SMILES string of the molecule is COCc1cccc(C(=O)NN2C(=O)NC3(CCCCC3)C2=O)c1. The predicted molar refractivity (Wildman–Crippen MR) is 85.8 cm³/mol. The quantitative estimate of drug-likeness (QED) is 0.823. The number of nitrogens with zero attached hydrogens (tertiary/aromatic N) is 1. The van der Waals surface area contributed by atoms with Crippen LogP contribution in [0, 0.1) is 0 Å². The van der Waals surface area contributed by atoms with Crippen LogP contribution in [-0.2, 0) is 16.1 Å². The van der Waals surface area contributed by atoms with Crippen LogP contribution in [0.15, 0.2) is 24.3 Å². The fraction of sp³-hybridized carbons (Fsp3) is 0.471. The summed E-state index contributed by atoms with van der Waals surface area (Å²) in [6.45, 7) is 0.382. The van der Waals surface area contributed by atoms with E-state index in [1.54, 1.807) is 25.3 Å². The smallest absolute Gasteiger partial charge is 0.344 e. The lowest BCUT2D eigenvalue weighted by Crippen LogP contribution is -2.50. The number of amides is 4. The first-order valence-corrected chi connectivity index (χ1v) is 8.11. The van der Waals surface area contributed by atoms with Crippen LogP contribution in [0.4, 0.5) is 4.79 Å². The molecule has 0 aromatic heterocycles. The Kier molecular flexibility index (Phi) is 4.53. The van der Waals surface area contributed by atoms with Crippen molar-refractivity contribution in [2.75, 3.05) is 7.11 Å². The van der Waals surface area contributed by atoms with Crippen LogP contribution in [0.1, 0.15) is 48.0 Å². The molecule has 7 heteroatoms. The van der Waals surface area contributed by atoms with Gasteiger partial charge in [-0.1, -0.05) is 31.4 Å². The van der Waals surface area contributed by atoms with Crippen molar-refractivity contribution in [1.29, 1.82) is 0 Å². The molecule has 0 radical (unpaired) electrons. The number of imide groups is 1. The van der Waals surface area contributed by atoms with E-state index in [1.807, 2.05) is 6.07 Å². The standard InChI is InChI=1S/C17H21N3O4/c1-24-11-12-6-5-7-13(10-12)14(21)19-20-15(22)17(18-16(20)23)8-3-2-4-9-17/h5-7,10H,2-4,8-9,11H2,1H3,(H,18,23)(H,19,21). The lowest BCUT2D eigenvalue weighted by Gasteiger charge is -2.30. The van der Waals surface area contributed by atoms with E-state index in [0.717, 1.165) is 29.8 Å². The molecule has 1 aromatic carbocycles. The number of hydrogen-bond donors (Lipinski definition) is 2. The lowest BCUT2D eigenvalue weighted by atomic mass is 9.82. The van der Waals surface area contributed by atoms with Crippen LogP contribution in [-0.4, -0.2) is 35.5 Å². The van der Waals surface area contributed by atoms with Gasteiger partial charge in [-0.3, -0.25) is 15.0 Å². The molecule has 1 spiro atoms. The molecular formula is C17H21N3O4. The number of urea groups is 1. The molecule has 2 N–H and O–H groups in total. The van der Waals surface area contributed by atoms with Gasteiger partial charge in [0.2, 0.25) is 0 Å². The van der Waals surface area contributed by atoms with Gasteiger partial charge in [0, 0.05) is 12.7 Å². The summed E-state index contributed by atoms with van der Waals surface area (Å²) in [5.74, 6) is -0.863. The number of hydrazine groups is 1. The number of nitrogens with one attached hydrogen (secondary N) is 2. The van der Waals surface area contributed by atoms with Crippen molar-refractivity contribution in [2.45, 2.75) is 44.2 Å². The van der Waals surface area contributed by atoms with Crippen molar-refractivity contribution in [1.82, 2.24) is 15.8 Å². The highest BCUT2D eigenvalue weighted by atomic mass is 16.5. The van der Waals surface area contributed by atoms with Gasteiger partial charge in [0.15, 0.2) is 0 Å². The van der Waals surface area contributed by atoms with Crippen LogP contribution in [0.3, 0.4) is 0 Å². The summed E-state index contributed by atoms with van der Waals surface area (Å²) >= 11 is 0. The first kappa shape index (κ1) is 16.4. The van der Waals surface area contributed by atoms with E-state index in [1.165, 1.54) is 0 Å². The maximum Gasteiger partial charge on any atom is 0.344 e. The summed E-state index contributed by atoms with van der Waals surface area (Å²) in [5, 5.41) is 3.58. The normalized spacial score (nSPS) is 19.5. The van der Waals surface area contributed by atoms with Gasteiger partial charge in [-0.15, -0.1) is 0 Å². The second-order valence-electron chi connectivity index (χ2n) is 6.29. The minimum atomic E-state index is -0.847. The molecule has 4 amide bonds. The molecule has 1 aromatic rings. The van der Waals surface area contributed by atoms with E-state index in [2.05, 4.69) is 10.7 Å². The number of ether oxygens (including phenoxy) is 1. The van der Waals surface area contributed by atoms with Crippen LogP contribution in [0.5, 0.6) is 0 Å². The molecule has 1 aliphatic carbocycles. The number of carbonyl (C=O) groups is 3. The van der Waals surface area contributed by atoms with Crippen LogP contribution >= 0.6 is 0 Å². The zero-order chi connectivity index (χ0) is 17.2. The zero-order valence-electron chi connectivity index (χ0n) is 13.6. The van der Waals surface area contributed by atoms with Crippen molar-refractivity contribution in [3.63, 3.8) is 0 Å². The Labute approximate surface area is 140 Å². The van der Waals surface area contributed by atoms with Crippen molar-refractivity contribution in [3.05, 3.63) is 35.4 Å². The molecule has 0 atom stereocenters. The summed E-state index contributed by atoms with van der Waals surface area (Å²) in [5.41, 5.74) is 2.79. The zero-order valence-corrected chi connectivity index (χ0v) is 13.6. The minimum Gasteiger partial charge on any atom is -0.380 e. The van der Waals surface area contributed by atoms with Gasteiger partial charge in [-0.2, -0.15) is 5.01 Å². The Morgan fingerprint density at radius 3 is 2.75 bits per heavy atom. The first-order valence-electron chi connectivity index (χ1n) is 8.11. The van der Waals surface area contributed by atoms with Gasteiger partial charge in [0.05, 0.1) is 6.61 Å². The highest BCUT2D eigenvalue weighted by molar-refractivity contribution is 6.09. The molecule has 7 nitrogen and oxygen atoms in total. The van der Waals surface area contributed by atoms with E-state index >= 15 is 0 Å². The molecule has 24 heavy (non-hydrogen) atoms. The summed E-state index contributed by atoms with van der Waals surface area (Å²) < 4.78 is 5.04. The highest BCUT2D eigenvalue weighted by Gasteiger charge is 2.52. The summed E-state index contributed by atoms with van der Waals surface area (Å²) in [6, 6.07) is 6.31. The number of carbonyl (C=O) groups excluding carboxylic acids is 3. The third-order valence-electron chi connectivity index (χ3n) is 4.58. The second kappa shape index (κ2) is 6.60. The van der Waals surface area contributed by atoms with Crippen LogP contribution < -0.4 is 10.7 Å². The third-order valence-corrected chi connectivity index (χ3v) is 4.58. The molecule has 0 bridgehead atoms. The molecule has 128 valence electrons. The number of rotatable bonds is 4. The van der Waals surface area contributed by atoms with Crippen LogP contribution in [0.2, 0.25) is 0 Å². The van der Waals surface area contributed by atoms with Crippen molar-refractivity contribution in [3.8, 4) is 0 Å². The van der Waals surface area contributed by atoms with Crippen molar-refractivity contribution < 1.29 is 19.1 Å². The highest BCUT2D eigenvalue weighted by Crippen LogP contribution is 2.33. The van der Waals surface area contributed by atoms with E-state index in [9.17, 15) is 14.4 Å². The summed E-state index contributed by atoms with van der Waals surface area (Å²) in [7, 11) is 1.57. The fourth-order valence-electron chi connectivity index (χ4n) is 3.35. The third kappa shape index (κ3) is 2.99. The summed E-state index contributed by atoms with van der Waals surface area (Å²) in [6.07, 6.45) is 4.09. The Balaban J connectivity index is 1.73. The van der Waals surface area contributed by atoms with E-state index in [0.29, 0.717) is 25.0 Å². The molecule has 2 aliphatic rings. The lowest BCUT2D eigenvalue weighted by molar-refractivity contribution is -0.134. The maximum absolute atomic E-state index is 12.6. The van der Waals surface area contributed by atoms with Gasteiger partial charge in [0.25, 0.3) is 11.8 Å². The predicted octanol–water partition coefficient (Wildman–Crippen LogP) is 1.73. The van der Waals surface area contributed by atoms with Gasteiger partial charge < -0.3 is 10.1 Å². The van der Waals surface area contributed by atoms with Gasteiger partial charge in [0.1, 0.15) is 5.54 Å². The van der Waals surface area contributed by atoms with Crippen LogP contribution in [0.25, 0.3) is 0 Å². The number of benzene rings is 1. The van der Waals surface area contributed by atoms with Gasteiger partial charge in [-0.05, 0) is 30.5 Å². The van der Waals surface area contributed by atoms with Gasteiger partial charge in [-0.25, -0.2) is 4.79 Å². The van der Waals surface area contributed by atoms with E-state index in [4.69, 9.17) is 4.74 Å². The Hall–Kier alpha value is -2.41. The largest absolute Gasteiger partial charge is 0.380 e. The molecule has 1 saturated heterocycles. The topological polar surface area (TPSA) is 87.7 Å².